The van der Waals surface area contributed by atoms with Gasteiger partial charge in [-0.2, -0.15) is 18.3 Å². The minimum atomic E-state index is -4.41. The van der Waals surface area contributed by atoms with E-state index in [0.717, 1.165) is 63.3 Å². The molecule has 1 amide bonds. The number of rotatable bonds is 4. The van der Waals surface area contributed by atoms with Crippen molar-refractivity contribution in [1.29, 1.82) is 0 Å². The maximum absolute atomic E-state index is 13.3. The fourth-order valence-corrected chi connectivity index (χ4v) is 4.79. The van der Waals surface area contributed by atoms with Gasteiger partial charge in [0.25, 0.3) is 5.91 Å². The molecule has 1 aliphatic carbocycles. The van der Waals surface area contributed by atoms with Gasteiger partial charge in [0.15, 0.2) is 0 Å². The zero-order valence-electron chi connectivity index (χ0n) is 16.7. The van der Waals surface area contributed by atoms with E-state index in [1.54, 1.807) is 12.3 Å². The SMILES string of the molecule is O=C(c1cnn(-c2cccc(C(F)(F)F)c2)c1C1CC1)N1CCC(N2CCCC2)C1. The number of amides is 1. The van der Waals surface area contributed by atoms with E-state index in [1.807, 2.05) is 4.90 Å². The number of likely N-dealkylation sites (tertiary alicyclic amines) is 2. The van der Waals surface area contributed by atoms with Gasteiger partial charge in [0.2, 0.25) is 0 Å². The van der Waals surface area contributed by atoms with Crippen molar-refractivity contribution in [3.8, 4) is 5.69 Å². The van der Waals surface area contributed by atoms with Crippen LogP contribution in [-0.2, 0) is 6.18 Å². The second-order valence-corrected chi connectivity index (χ2v) is 8.61. The molecule has 1 unspecified atom stereocenters. The number of halogens is 3. The summed E-state index contributed by atoms with van der Waals surface area (Å²) in [6, 6.07) is 5.57. The number of hydrogen-bond acceptors (Lipinski definition) is 3. The fourth-order valence-electron chi connectivity index (χ4n) is 4.79. The van der Waals surface area contributed by atoms with Crippen LogP contribution in [0.5, 0.6) is 0 Å². The van der Waals surface area contributed by atoms with Gasteiger partial charge in [-0.15, -0.1) is 0 Å². The summed E-state index contributed by atoms with van der Waals surface area (Å²) in [6.45, 7) is 3.65. The number of carbonyl (C=O) groups is 1. The average molecular weight is 418 g/mol. The van der Waals surface area contributed by atoms with Crippen LogP contribution in [0.15, 0.2) is 30.5 Å². The lowest BCUT2D eigenvalue weighted by Crippen LogP contribution is -2.37. The van der Waals surface area contributed by atoms with Crippen molar-refractivity contribution < 1.29 is 18.0 Å². The van der Waals surface area contributed by atoms with Gasteiger partial charge in [-0.25, -0.2) is 4.68 Å². The molecule has 3 aliphatic rings. The Morgan fingerprint density at radius 2 is 1.83 bits per heavy atom. The van der Waals surface area contributed by atoms with Crippen molar-refractivity contribution in [2.24, 2.45) is 0 Å². The van der Waals surface area contributed by atoms with E-state index < -0.39 is 11.7 Å². The molecule has 0 radical (unpaired) electrons. The molecule has 1 aromatic carbocycles. The molecule has 0 spiro atoms. The second kappa shape index (κ2) is 7.41. The Balaban J connectivity index is 1.42. The molecule has 5 nitrogen and oxygen atoms in total. The minimum absolute atomic E-state index is 0.0446. The van der Waals surface area contributed by atoms with Gasteiger partial charge < -0.3 is 4.90 Å². The van der Waals surface area contributed by atoms with Gasteiger partial charge in [-0.3, -0.25) is 9.69 Å². The van der Waals surface area contributed by atoms with Gasteiger partial charge in [0.1, 0.15) is 0 Å². The Bertz CT molecular complexity index is 944. The highest BCUT2D eigenvalue weighted by Gasteiger charge is 2.38. The van der Waals surface area contributed by atoms with Crippen LogP contribution >= 0.6 is 0 Å². The number of carbonyl (C=O) groups excluding carboxylic acids is 1. The highest BCUT2D eigenvalue weighted by molar-refractivity contribution is 5.95. The molecule has 3 heterocycles. The van der Waals surface area contributed by atoms with Crippen molar-refractivity contribution in [3.05, 3.63) is 47.3 Å². The molecule has 2 aliphatic heterocycles. The molecule has 1 aromatic heterocycles. The summed E-state index contributed by atoms with van der Waals surface area (Å²) in [6.07, 6.45) is 2.41. The lowest BCUT2D eigenvalue weighted by molar-refractivity contribution is -0.137. The normalized spacial score (nSPS) is 22.8. The summed E-state index contributed by atoms with van der Waals surface area (Å²) in [5.41, 5.74) is 0.932. The molecular weight excluding hydrogens is 393 g/mol. The third-order valence-corrected chi connectivity index (χ3v) is 6.53. The Morgan fingerprint density at radius 3 is 2.53 bits per heavy atom. The van der Waals surface area contributed by atoms with E-state index in [4.69, 9.17) is 0 Å². The summed E-state index contributed by atoms with van der Waals surface area (Å²) in [5, 5.41) is 4.35. The lowest BCUT2D eigenvalue weighted by atomic mass is 10.1. The van der Waals surface area contributed by atoms with Crippen molar-refractivity contribution in [2.75, 3.05) is 26.2 Å². The van der Waals surface area contributed by atoms with Crippen LogP contribution in [0.4, 0.5) is 13.2 Å². The molecule has 0 N–H and O–H groups in total. The largest absolute Gasteiger partial charge is 0.416 e. The Kier molecular flexibility index (Phi) is 4.84. The van der Waals surface area contributed by atoms with E-state index in [0.29, 0.717) is 17.3 Å². The number of hydrogen-bond donors (Lipinski definition) is 0. The van der Waals surface area contributed by atoms with Crippen LogP contribution in [0.3, 0.4) is 0 Å². The highest BCUT2D eigenvalue weighted by Crippen LogP contribution is 2.43. The van der Waals surface area contributed by atoms with Crippen LogP contribution in [0.25, 0.3) is 5.69 Å². The topological polar surface area (TPSA) is 41.4 Å². The van der Waals surface area contributed by atoms with Crippen molar-refractivity contribution in [3.63, 3.8) is 0 Å². The lowest BCUT2D eigenvalue weighted by Gasteiger charge is -2.23. The first kappa shape index (κ1) is 19.6. The quantitative estimate of drug-likeness (QED) is 0.752. The summed E-state index contributed by atoms with van der Waals surface area (Å²) < 4.78 is 41.0. The van der Waals surface area contributed by atoms with Gasteiger partial charge >= 0.3 is 6.18 Å². The molecule has 8 heteroatoms. The zero-order valence-corrected chi connectivity index (χ0v) is 16.7. The zero-order chi connectivity index (χ0) is 20.9. The number of aromatic nitrogens is 2. The minimum Gasteiger partial charge on any atom is -0.337 e. The van der Waals surface area contributed by atoms with E-state index >= 15 is 0 Å². The van der Waals surface area contributed by atoms with Crippen LogP contribution in [0.1, 0.15) is 59.6 Å². The van der Waals surface area contributed by atoms with Crippen molar-refractivity contribution >= 4 is 5.91 Å². The Morgan fingerprint density at radius 1 is 1.07 bits per heavy atom. The summed E-state index contributed by atoms with van der Waals surface area (Å²) in [5.74, 6) is 0.134. The third kappa shape index (κ3) is 3.62. The molecule has 160 valence electrons. The second-order valence-electron chi connectivity index (χ2n) is 8.61. The molecule has 3 fully saturated rings. The molecule has 2 saturated heterocycles. The van der Waals surface area contributed by atoms with Gasteiger partial charge in [-0.05, 0) is 63.4 Å². The van der Waals surface area contributed by atoms with Crippen molar-refractivity contribution in [2.45, 2.75) is 50.2 Å². The number of benzene rings is 1. The van der Waals surface area contributed by atoms with Gasteiger partial charge in [0, 0.05) is 25.0 Å². The Hall–Kier alpha value is -2.35. The van der Waals surface area contributed by atoms with E-state index in [-0.39, 0.29) is 11.8 Å². The smallest absolute Gasteiger partial charge is 0.337 e. The van der Waals surface area contributed by atoms with Crippen LogP contribution in [0.2, 0.25) is 0 Å². The van der Waals surface area contributed by atoms with E-state index in [1.165, 1.54) is 23.6 Å². The first-order chi connectivity index (χ1) is 14.4. The standard InChI is InChI=1S/C22H25F3N4O/c23-22(24,25)16-4-3-5-17(12-16)29-20(15-6-7-15)19(13-26-29)21(30)28-11-8-18(14-28)27-9-1-2-10-27/h3-5,12-13,15,18H,1-2,6-11,14H2. The molecular formula is C22H25F3N4O. The fraction of sp³-hybridized carbons (Fsp3) is 0.545. The molecule has 1 saturated carbocycles. The molecule has 0 bridgehead atoms. The summed E-state index contributed by atoms with van der Waals surface area (Å²) >= 11 is 0. The maximum Gasteiger partial charge on any atom is 0.416 e. The Labute approximate surface area is 173 Å². The van der Waals surface area contributed by atoms with E-state index in [9.17, 15) is 18.0 Å². The summed E-state index contributed by atoms with van der Waals surface area (Å²) in [7, 11) is 0. The first-order valence-corrected chi connectivity index (χ1v) is 10.7. The summed E-state index contributed by atoms with van der Waals surface area (Å²) in [4.78, 5) is 17.7. The predicted octanol–water partition coefficient (Wildman–Crippen LogP) is 4.08. The molecule has 2 aromatic rings. The van der Waals surface area contributed by atoms with E-state index in [2.05, 4.69) is 10.00 Å². The monoisotopic (exact) mass is 418 g/mol. The average Bonchev–Trinajstić information content (AvgIpc) is 3.17. The van der Waals surface area contributed by atoms with Gasteiger partial charge in [-0.1, -0.05) is 6.07 Å². The van der Waals surface area contributed by atoms with Gasteiger partial charge in [0.05, 0.1) is 28.7 Å². The molecule has 1 atom stereocenters. The highest BCUT2D eigenvalue weighted by atomic mass is 19.4. The number of alkyl halides is 3. The maximum atomic E-state index is 13.3. The van der Waals surface area contributed by atoms with Crippen LogP contribution < -0.4 is 0 Å². The first-order valence-electron chi connectivity index (χ1n) is 10.7. The number of nitrogens with zero attached hydrogens (tertiary/aromatic N) is 4. The molecule has 30 heavy (non-hydrogen) atoms. The van der Waals surface area contributed by atoms with Crippen LogP contribution in [-0.4, -0.2) is 57.7 Å². The van der Waals surface area contributed by atoms with Crippen molar-refractivity contribution in [1.82, 2.24) is 19.6 Å². The third-order valence-electron chi connectivity index (χ3n) is 6.53. The van der Waals surface area contributed by atoms with Crippen LogP contribution in [0, 0.1) is 0 Å². The predicted molar refractivity (Wildman–Crippen MR) is 106 cm³/mol. The molecule has 5 rings (SSSR count).